The number of nitriles is 1. The third-order valence-corrected chi connectivity index (χ3v) is 8.55. The monoisotopic (exact) mass is 666 g/mol. The van der Waals surface area contributed by atoms with Crippen LogP contribution in [0.1, 0.15) is 37.4 Å². The molecule has 2 N–H and O–H groups in total. The van der Waals surface area contributed by atoms with Crippen molar-refractivity contribution in [2.45, 2.75) is 61.6 Å². The quantitative estimate of drug-likeness (QED) is 0.162. The number of carbonyl (C=O) groups excluding carboxylic acids is 1. The maximum Gasteiger partial charge on any atom is 0.407 e. The van der Waals surface area contributed by atoms with Crippen LogP contribution in [0.25, 0.3) is 22.3 Å². The molecule has 0 spiro atoms. The number of amides is 1. The Kier molecular flexibility index (Phi) is 10.8. The highest BCUT2D eigenvalue weighted by Gasteiger charge is 2.44. The molecule has 0 aliphatic rings. The van der Waals surface area contributed by atoms with Crippen LogP contribution in [0, 0.1) is 11.3 Å². The number of rotatable bonds is 12. The van der Waals surface area contributed by atoms with Crippen molar-refractivity contribution in [1.29, 1.82) is 5.26 Å². The molecule has 1 heterocycles. The summed E-state index contributed by atoms with van der Waals surface area (Å²) in [6.45, 7) is 2.32. The summed E-state index contributed by atoms with van der Waals surface area (Å²) < 4.78 is 81.6. The molecule has 3 atom stereocenters. The first kappa shape index (κ1) is 35.3. The molecule has 47 heavy (non-hydrogen) atoms. The molecule has 0 saturated carbocycles. The van der Waals surface area contributed by atoms with Gasteiger partial charge >= 0.3 is 6.18 Å². The van der Waals surface area contributed by atoms with Crippen LogP contribution in [0.2, 0.25) is 0 Å². The number of nitrogens with one attached hydrogen (secondary N) is 2. The van der Waals surface area contributed by atoms with Gasteiger partial charge in [0, 0.05) is 31.5 Å². The molecule has 1 amide bonds. The summed E-state index contributed by atoms with van der Waals surface area (Å²) in [6.07, 6.45) is -0.936. The lowest BCUT2D eigenvalue weighted by molar-refractivity contribution is -0.161. The number of hydrogen-bond donors (Lipinski definition) is 2. The van der Waals surface area contributed by atoms with Gasteiger partial charge in [0.05, 0.1) is 17.0 Å². The van der Waals surface area contributed by atoms with Crippen molar-refractivity contribution < 1.29 is 30.8 Å². The molecule has 4 aromatic rings. The second kappa shape index (κ2) is 14.4. The summed E-state index contributed by atoms with van der Waals surface area (Å²) in [5.74, 6) is -0.939. The summed E-state index contributed by atoms with van der Waals surface area (Å²) >= 11 is 0. The molecule has 3 aromatic carbocycles. The molecule has 0 radical (unpaired) electrons. The van der Waals surface area contributed by atoms with E-state index in [9.17, 15) is 36.0 Å². The molecule has 7 nitrogen and oxygen atoms in total. The number of nitrogens with zero attached hydrogens (tertiary/aromatic N) is 2. The van der Waals surface area contributed by atoms with Crippen molar-refractivity contribution in [3.8, 4) is 28.3 Å². The van der Waals surface area contributed by atoms with E-state index in [0.717, 1.165) is 31.2 Å². The maximum absolute atomic E-state index is 14.8. The zero-order chi connectivity index (χ0) is 34.4. The Labute approximate surface area is 271 Å². The van der Waals surface area contributed by atoms with Crippen molar-refractivity contribution in [3.05, 3.63) is 108 Å². The first-order valence-electron chi connectivity index (χ1n) is 14.6. The molecule has 246 valence electrons. The second-order valence-corrected chi connectivity index (χ2v) is 13.9. The Morgan fingerprint density at radius 3 is 1.91 bits per heavy atom. The second-order valence-electron chi connectivity index (χ2n) is 11.9. The molecule has 0 bridgehead atoms. The lowest BCUT2D eigenvalue weighted by Crippen LogP contribution is -2.53. The van der Waals surface area contributed by atoms with Gasteiger partial charge in [-0.25, -0.2) is 12.8 Å². The number of pyridine rings is 1. The topological polar surface area (TPSA) is 112 Å². The minimum atomic E-state index is -4.86. The van der Waals surface area contributed by atoms with Crippen LogP contribution < -0.4 is 10.6 Å². The number of halogens is 4. The Morgan fingerprint density at radius 1 is 0.872 bits per heavy atom. The van der Waals surface area contributed by atoms with E-state index in [1.54, 1.807) is 42.7 Å². The van der Waals surface area contributed by atoms with Crippen molar-refractivity contribution in [2.24, 2.45) is 0 Å². The van der Waals surface area contributed by atoms with E-state index in [2.05, 4.69) is 15.6 Å². The van der Waals surface area contributed by atoms with Gasteiger partial charge in [-0.2, -0.15) is 18.4 Å². The first-order valence-corrected chi connectivity index (χ1v) is 16.5. The lowest BCUT2D eigenvalue weighted by atomic mass is 9.96. The van der Waals surface area contributed by atoms with Crippen molar-refractivity contribution in [2.75, 3.05) is 6.26 Å². The molecule has 0 unspecified atom stereocenters. The van der Waals surface area contributed by atoms with Crippen LogP contribution >= 0.6 is 0 Å². The fourth-order valence-electron chi connectivity index (χ4n) is 5.06. The van der Waals surface area contributed by atoms with Crippen molar-refractivity contribution in [1.82, 2.24) is 15.6 Å². The van der Waals surface area contributed by atoms with Crippen LogP contribution in [-0.2, 0) is 21.1 Å². The number of alkyl halides is 4. The summed E-state index contributed by atoms with van der Waals surface area (Å²) in [5.41, 5.74) is 1.39. The average molecular weight is 667 g/mol. The van der Waals surface area contributed by atoms with Crippen LogP contribution in [0.3, 0.4) is 0 Å². The minimum Gasteiger partial charge on any atom is -0.339 e. The summed E-state index contributed by atoms with van der Waals surface area (Å²) in [6, 6.07) is 19.2. The van der Waals surface area contributed by atoms with E-state index in [1.165, 1.54) is 36.4 Å². The summed E-state index contributed by atoms with van der Waals surface area (Å²) in [7, 11) is -3.42. The van der Waals surface area contributed by atoms with E-state index in [0.29, 0.717) is 16.7 Å². The zero-order valence-corrected chi connectivity index (χ0v) is 26.7. The molecule has 4 rings (SSSR count). The van der Waals surface area contributed by atoms with Crippen molar-refractivity contribution >= 4 is 15.7 Å². The first-order chi connectivity index (χ1) is 22.0. The van der Waals surface area contributed by atoms with E-state index < -0.39 is 52.1 Å². The van der Waals surface area contributed by atoms with Gasteiger partial charge < -0.3 is 5.32 Å². The van der Waals surface area contributed by atoms with E-state index in [1.807, 2.05) is 24.3 Å². The average Bonchev–Trinajstić information content (AvgIpc) is 3.02. The fraction of sp³-hybridized carbons (Fsp3) is 0.286. The Bertz CT molecular complexity index is 1800. The Hall–Kier alpha value is -4.60. The number of carbonyl (C=O) groups is 1. The van der Waals surface area contributed by atoms with Crippen LogP contribution in [-0.4, -0.2) is 49.5 Å². The predicted molar refractivity (Wildman–Crippen MR) is 171 cm³/mol. The summed E-state index contributed by atoms with van der Waals surface area (Å²) in [5, 5.41) is 14.6. The number of benzene rings is 3. The maximum atomic E-state index is 14.8. The predicted octanol–water partition coefficient (Wildman–Crippen LogP) is 6.77. The number of sulfone groups is 1. The van der Waals surface area contributed by atoms with Gasteiger partial charge in [-0.05, 0) is 65.4 Å². The number of aromatic nitrogens is 1. The van der Waals surface area contributed by atoms with Gasteiger partial charge in [-0.1, -0.05) is 66.7 Å². The largest absolute Gasteiger partial charge is 0.407 e. The van der Waals surface area contributed by atoms with E-state index in [-0.39, 0.29) is 16.9 Å². The molecule has 12 heteroatoms. The highest BCUT2D eigenvalue weighted by atomic mass is 32.2. The SMILES string of the molecule is CC(C)(F)C[C@H](N[C@@H](c1ccc(-c2ccc(S(C)(=O)=O)cc2)cc1)C(F)(F)F)C(=O)N[C@H](C#N)Cc1ccc(-c2cccnc2)cc1. The van der Waals surface area contributed by atoms with Crippen molar-refractivity contribution in [3.63, 3.8) is 0 Å². The van der Waals surface area contributed by atoms with Gasteiger partial charge in [-0.15, -0.1) is 0 Å². The standard InChI is InChI=1S/C35H34F4N4O3S/c1-34(2,36)20-31(33(44)42-29(21-40)19-23-6-8-26(9-7-23)28-5-4-18-41-22-28)43-32(35(37,38)39)27-12-10-24(11-13-27)25-14-16-30(17-15-25)47(3,45)46/h4-18,22,29,31-32,43H,19-20H2,1-3H3,(H,42,44)/t29-,31-,32-/m0/s1. The molecular formula is C35H34F4N4O3S. The summed E-state index contributed by atoms with van der Waals surface area (Å²) in [4.78, 5) is 17.5. The van der Waals surface area contributed by atoms with Gasteiger partial charge in [-0.3, -0.25) is 15.1 Å². The van der Waals surface area contributed by atoms with Crippen LogP contribution in [0.4, 0.5) is 17.6 Å². The third kappa shape index (κ3) is 9.94. The number of hydrogen-bond acceptors (Lipinski definition) is 6. The van der Waals surface area contributed by atoms with E-state index >= 15 is 0 Å². The van der Waals surface area contributed by atoms with Gasteiger partial charge in [0.1, 0.15) is 17.8 Å². The molecule has 0 saturated heterocycles. The zero-order valence-electron chi connectivity index (χ0n) is 25.9. The van der Waals surface area contributed by atoms with Gasteiger partial charge in [0.25, 0.3) is 0 Å². The molecule has 0 aliphatic heterocycles. The molecule has 0 aliphatic carbocycles. The Morgan fingerprint density at radius 2 is 1.43 bits per heavy atom. The smallest absolute Gasteiger partial charge is 0.339 e. The fourth-order valence-corrected chi connectivity index (χ4v) is 5.69. The Balaban J connectivity index is 1.51. The highest BCUT2D eigenvalue weighted by Crippen LogP contribution is 2.35. The van der Waals surface area contributed by atoms with Gasteiger partial charge in [0.15, 0.2) is 9.84 Å². The lowest BCUT2D eigenvalue weighted by Gasteiger charge is -2.30. The van der Waals surface area contributed by atoms with Gasteiger partial charge in [0.2, 0.25) is 5.91 Å². The highest BCUT2D eigenvalue weighted by molar-refractivity contribution is 7.90. The molecule has 1 aromatic heterocycles. The third-order valence-electron chi connectivity index (χ3n) is 7.42. The van der Waals surface area contributed by atoms with Crippen LogP contribution in [0.5, 0.6) is 0 Å². The minimum absolute atomic E-state index is 0.0800. The molecular weight excluding hydrogens is 632 g/mol. The van der Waals surface area contributed by atoms with Crippen LogP contribution in [0.15, 0.2) is 102 Å². The van der Waals surface area contributed by atoms with E-state index in [4.69, 9.17) is 0 Å². The molecule has 0 fully saturated rings. The normalized spacial score (nSPS) is 14.1.